The summed E-state index contributed by atoms with van der Waals surface area (Å²) in [6.07, 6.45) is 0. The molecule has 1 aliphatic rings. The minimum absolute atomic E-state index is 0.0835. The molecule has 0 radical (unpaired) electrons. The van der Waals surface area contributed by atoms with Gasteiger partial charge in [-0.1, -0.05) is 29.8 Å². The number of ketones is 1. The van der Waals surface area contributed by atoms with Crippen LogP contribution in [0.1, 0.15) is 22.7 Å². The predicted octanol–water partition coefficient (Wildman–Crippen LogP) is 2.33. The van der Waals surface area contributed by atoms with Gasteiger partial charge >= 0.3 is 0 Å². The fourth-order valence-electron chi connectivity index (χ4n) is 3.43. The van der Waals surface area contributed by atoms with Gasteiger partial charge in [-0.3, -0.25) is 19.7 Å². The quantitative estimate of drug-likeness (QED) is 0.165. The maximum Gasteiger partial charge on any atom is 0.295 e. The van der Waals surface area contributed by atoms with Gasteiger partial charge in [0, 0.05) is 24.2 Å². The molecule has 9 nitrogen and oxygen atoms in total. The Morgan fingerprint density at radius 1 is 1.10 bits per heavy atom. The number of hydrogen-bond donors (Lipinski definition) is 2. The fraction of sp³-hybridized carbons (Fsp3) is 0.273. The first-order valence-electron chi connectivity index (χ1n) is 9.63. The summed E-state index contributed by atoms with van der Waals surface area (Å²) in [6.45, 7) is 2.02. The monoisotopic (exact) mass is 426 g/mol. The molecule has 1 amide bonds. The number of hydrogen-bond acceptors (Lipinski definition) is 7. The van der Waals surface area contributed by atoms with Crippen LogP contribution in [0.5, 0.6) is 0 Å². The zero-order valence-electron chi connectivity index (χ0n) is 16.9. The number of carbonyl (C=O) groups is 2. The van der Waals surface area contributed by atoms with Gasteiger partial charge in [-0.15, -0.1) is 0 Å². The summed E-state index contributed by atoms with van der Waals surface area (Å²) in [5.41, 5.74) is 1.56. The van der Waals surface area contributed by atoms with Gasteiger partial charge in [0.15, 0.2) is 0 Å². The lowest BCUT2D eigenvalue weighted by Crippen LogP contribution is -2.33. The number of amides is 1. The first-order valence-corrected chi connectivity index (χ1v) is 9.63. The standard InChI is InChI=1S/C22H22N2O7/c1-14-2-4-15(5-3-14)19-18(20(26)16-6-8-17(9-7-16)24(29)30)21(27)22(28)23(19)10-12-31-13-11-25/h2-9,19,25-26H,10-13H2,1H3/t19-/m1/s1. The molecule has 1 fully saturated rings. The highest BCUT2D eigenvalue weighted by Crippen LogP contribution is 2.39. The van der Waals surface area contributed by atoms with E-state index in [2.05, 4.69) is 0 Å². The third-order valence-electron chi connectivity index (χ3n) is 5.00. The molecule has 1 heterocycles. The van der Waals surface area contributed by atoms with Crippen molar-refractivity contribution in [2.75, 3.05) is 26.4 Å². The number of nitrogens with zero attached hydrogens (tertiary/aromatic N) is 2. The topological polar surface area (TPSA) is 130 Å². The third-order valence-corrected chi connectivity index (χ3v) is 5.00. The van der Waals surface area contributed by atoms with Crippen molar-refractivity contribution in [3.05, 3.63) is 80.9 Å². The number of ether oxygens (including phenoxy) is 1. The molecule has 3 rings (SSSR count). The highest BCUT2D eigenvalue weighted by Gasteiger charge is 2.45. The summed E-state index contributed by atoms with van der Waals surface area (Å²) in [5, 5.41) is 30.6. The Balaban J connectivity index is 2.05. The van der Waals surface area contributed by atoms with E-state index in [1.807, 2.05) is 19.1 Å². The molecule has 0 bridgehead atoms. The smallest absolute Gasteiger partial charge is 0.295 e. The number of Topliss-reactive ketones (excluding diaryl/α,β-unsaturated/α-hetero) is 1. The first kappa shape index (κ1) is 22.1. The summed E-state index contributed by atoms with van der Waals surface area (Å²) in [5.74, 6) is -2.03. The molecule has 0 aromatic heterocycles. The predicted molar refractivity (Wildman–Crippen MR) is 111 cm³/mol. The van der Waals surface area contributed by atoms with Crippen molar-refractivity contribution in [1.29, 1.82) is 0 Å². The zero-order chi connectivity index (χ0) is 22.5. The average molecular weight is 426 g/mol. The Morgan fingerprint density at radius 3 is 2.32 bits per heavy atom. The van der Waals surface area contributed by atoms with Crippen LogP contribution in [0, 0.1) is 17.0 Å². The van der Waals surface area contributed by atoms with Crippen LogP contribution in [0.3, 0.4) is 0 Å². The largest absolute Gasteiger partial charge is 0.507 e. The molecule has 2 N–H and O–H groups in total. The number of aliphatic hydroxyl groups is 2. The van der Waals surface area contributed by atoms with Crippen molar-refractivity contribution in [2.24, 2.45) is 0 Å². The molecule has 162 valence electrons. The van der Waals surface area contributed by atoms with Crippen molar-refractivity contribution in [3.8, 4) is 0 Å². The normalized spacial score (nSPS) is 17.9. The van der Waals surface area contributed by atoms with Gasteiger partial charge < -0.3 is 19.8 Å². The molecule has 0 spiro atoms. The summed E-state index contributed by atoms with van der Waals surface area (Å²) < 4.78 is 5.25. The van der Waals surface area contributed by atoms with E-state index >= 15 is 0 Å². The minimum Gasteiger partial charge on any atom is -0.507 e. The van der Waals surface area contributed by atoms with E-state index in [0.717, 1.165) is 5.56 Å². The molecule has 1 saturated heterocycles. The molecule has 31 heavy (non-hydrogen) atoms. The Bertz CT molecular complexity index is 1010. The maximum atomic E-state index is 12.8. The number of nitro benzene ring substituents is 1. The zero-order valence-corrected chi connectivity index (χ0v) is 16.9. The highest BCUT2D eigenvalue weighted by molar-refractivity contribution is 6.46. The third kappa shape index (κ3) is 4.62. The number of rotatable bonds is 8. The number of nitro groups is 1. The van der Waals surface area contributed by atoms with Crippen molar-refractivity contribution in [1.82, 2.24) is 4.90 Å². The summed E-state index contributed by atoms with van der Waals surface area (Å²) in [7, 11) is 0. The van der Waals surface area contributed by atoms with E-state index in [1.165, 1.54) is 29.2 Å². The number of carbonyl (C=O) groups excluding carboxylic acids is 2. The van der Waals surface area contributed by atoms with Crippen molar-refractivity contribution < 1.29 is 29.5 Å². The van der Waals surface area contributed by atoms with E-state index in [0.29, 0.717) is 5.56 Å². The van der Waals surface area contributed by atoms with Gasteiger partial charge in [-0.05, 0) is 24.6 Å². The van der Waals surface area contributed by atoms with E-state index in [4.69, 9.17) is 9.84 Å². The van der Waals surface area contributed by atoms with Crippen LogP contribution in [0.25, 0.3) is 5.76 Å². The van der Waals surface area contributed by atoms with Crippen molar-refractivity contribution >= 4 is 23.1 Å². The second kappa shape index (κ2) is 9.50. The van der Waals surface area contributed by atoms with Gasteiger partial charge in [-0.2, -0.15) is 0 Å². The van der Waals surface area contributed by atoms with Crippen LogP contribution in [0.15, 0.2) is 54.1 Å². The van der Waals surface area contributed by atoms with E-state index in [-0.39, 0.29) is 43.2 Å². The number of aryl methyl sites for hydroxylation is 1. The van der Waals surface area contributed by atoms with E-state index < -0.39 is 28.4 Å². The summed E-state index contributed by atoms with van der Waals surface area (Å²) >= 11 is 0. The molecule has 1 atom stereocenters. The van der Waals surface area contributed by atoms with Crippen LogP contribution in [-0.4, -0.2) is 58.1 Å². The van der Waals surface area contributed by atoms with Gasteiger partial charge in [0.25, 0.3) is 17.4 Å². The van der Waals surface area contributed by atoms with Crippen LogP contribution >= 0.6 is 0 Å². The molecular weight excluding hydrogens is 404 g/mol. The van der Waals surface area contributed by atoms with Gasteiger partial charge in [0.05, 0.1) is 36.4 Å². The number of non-ortho nitro benzene ring substituents is 1. The second-order valence-corrected chi connectivity index (χ2v) is 7.04. The van der Waals surface area contributed by atoms with Crippen molar-refractivity contribution in [3.63, 3.8) is 0 Å². The first-order chi connectivity index (χ1) is 14.8. The van der Waals surface area contributed by atoms with Crippen LogP contribution in [0.4, 0.5) is 5.69 Å². The summed E-state index contributed by atoms with van der Waals surface area (Å²) in [6, 6.07) is 11.5. The second-order valence-electron chi connectivity index (χ2n) is 7.04. The minimum atomic E-state index is -0.844. The molecule has 0 aliphatic carbocycles. The van der Waals surface area contributed by atoms with Gasteiger partial charge in [0.1, 0.15) is 5.76 Å². The molecule has 0 unspecified atom stereocenters. The fourth-order valence-corrected chi connectivity index (χ4v) is 3.43. The molecular formula is C22H22N2O7. The van der Waals surface area contributed by atoms with Crippen molar-refractivity contribution in [2.45, 2.75) is 13.0 Å². The lowest BCUT2D eigenvalue weighted by molar-refractivity contribution is -0.384. The van der Waals surface area contributed by atoms with Gasteiger partial charge in [0.2, 0.25) is 0 Å². The van der Waals surface area contributed by atoms with Crippen LogP contribution in [-0.2, 0) is 14.3 Å². The lowest BCUT2D eigenvalue weighted by atomic mass is 9.94. The van der Waals surface area contributed by atoms with E-state index in [9.17, 15) is 24.8 Å². The molecule has 1 aliphatic heterocycles. The molecule has 0 saturated carbocycles. The number of aliphatic hydroxyl groups excluding tert-OH is 2. The molecule has 2 aromatic carbocycles. The Hall–Kier alpha value is -3.56. The SMILES string of the molecule is Cc1ccc([C@@H]2C(=C(O)c3ccc([N+](=O)[O-])cc3)C(=O)C(=O)N2CCOCCO)cc1. The summed E-state index contributed by atoms with van der Waals surface area (Å²) in [4.78, 5) is 37.2. The Kier molecular flexibility index (Phi) is 6.78. The van der Waals surface area contributed by atoms with Gasteiger partial charge in [-0.25, -0.2) is 0 Å². The maximum absolute atomic E-state index is 12.8. The highest BCUT2D eigenvalue weighted by atomic mass is 16.6. The molecule has 2 aromatic rings. The average Bonchev–Trinajstić information content (AvgIpc) is 3.01. The molecule has 9 heteroatoms. The van der Waals surface area contributed by atoms with Crippen LogP contribution < -0.4 is 0 Å². The Morgan fingerprint density at radius 2 is 1.74 bits per heavy atom. The lowest BCUT2D eigenvalue weighted by Gasteiger charge is -2.25. The van der Waals surface area contributed by atoms with Crippen LogP contribution in [0.2, 0.25) is 0 Å². The van der Waals surface area contributed by atoms with E-state index in [1.54, 1.807) is 12.1 Å². The number of benzene rings is 2. The Labute approximate surface area is 178 Å². The number of likely N-dealkylation sites (tertiary alicyclic amines) is 1.